The second-order valence-corrected chi connectivity index (χ2v) is 10.1. The largest absolute Gasteiger partial charge is 0.448 e. The van der Waals surface area contributed by atoms with Gasteiger partial charge in [0.15, 0.2) is 0 Å². The van der Waals surface area contributed by atoms with Gasteiger partial charge in [-0.3, -0.25) is 0 Å². The molecule has 0 aliphatic rings. The molecule has 0 saturated heterocycles. The van der Waals surface area contributed by atoms with Crippen LogP contribution in [0.4, 0.5) is 4.39 Å². The van der Waals surface area contributed by atoms with Gasteiger partial charge in [-0.1, -0.05) is 43.3 Å². The Morgan fingerprint density at radius 2 is 1.33 bits per heavy atom. The Labute approximate surface area is 175 Å². The summed E-state index contributed by atoms with van der Waals surface area (Å²) in [5.74, 6) is -1.20. The zero-order valence-electron chi connectivity index (χ0n) is 16.1. The predicted octanol–water partition coefficient (Wildman–Crippen LogP) is 5.19. The van der Waals surface area contributed by atoms with Gasteiger partial charge in [0, 0.05) is 0 Å². The van der Waals surface area contributed by atoms with Crippen LogP contribution in [-0.4, -0.2) is 14.2 Å². The number of sulfonamides is 1. The molecule has 0 radical (unpaired) electrons. The summed E-state index contributed by atoms with van der Waals surface area (Å²) in [5.41, 5.74) is 0. The van der Waals surface area contributed by atoms with Crippen molar-refractivity contribution < 1.29 is 26.4 Å². The van der Waals surface area contributed by atoms with E-state index in [-0.39, 0.29) is 22.8 Å². The molecule has 9 heteroatoms. The first-order valence-electron chi connectivity index (χ1n) is 9.19. The number of benzene rings is 3. The van der Waals surface area contributed by atoms with Crippen LogP contribution in [0.1, 0.15) is 13.3 Å². The molecule has 1 unspecified atom stereocenters. The average Bonchev–Trinajstić information content (AvgIpc) is 2.73. The van der Waals surface area contributed by atoms with Gasteiger partial charge in [0.2, 0.25) is 10.0 Å². The fourth-order valence-corrected chi connectivity index (χ4v) is 6.29. The van der Waals surface area contributed by atoms with Crippen molar-refractivity contribution >= 4 is 17.6 Å². The highest BCUT2D eigenvalue weighted by Crippen LogP contribution is 2.53. The van der Waals surface area contributed by atoms with Crippen LogP contribution >= 0.6 is 7.60 Å². The zero-order valence-corrected chi connectivity index (χ0v) is 17.9. The Morgan fingerprint density at radius 3 is 1.77 bits per heavy atom. The van der Waals surface area contributed by atoms with Gasteiger partial charge < -0.3 is 9.05 Å². The molecule has 1 N–H and O–H groups in total. The Bertz CT molecular complexity index is 1060. The van der Waals surface area contributed by atoms with Crippen LogP contribution in [0, 0.1) is 5.82 Å². The quantitative estimate of drug-likeness (QED) is 0.455. The van der Waals surface area contributed by atoms with Gasteiger partial charge in [-0.25, -0.2) is 17.4 Å². The number of hydrogen-bond acceptors (Lipinski definition) is 5. The van der Waals surface area contributed by atoms with Crippen LogP contribution in [0.15, 0.2) is 89.8 Å². The molecule has 0 bridgehead atoms. The number of rotatable bonds is 9. The van der Waals surface area contributed by atoms with Crippen LogP contribution in [0.2, 0.25) is 0 Å². The van der Waals surface area contributed by atoms with Gasteiger partial charge in [-0.15, -0.1) is 0 Å². The Morgan fingerprint density at radius 1 is 0.867 bits per heavy atom. The maximum atomic E-state index is 13.8. The minimum absolute atomic E-state index is 0.122. The molecule has 6 nitrogen and oxygen atoms in total. The topological polar surface area (TPSA) is 81.7 Å². The lowest BCUT2D eigenvalue weighted by Gasteiger charge is -2.27. The highest BCUT2D eigenvalue weighted by Gasteiger charge is 2.41. The zero-order chi connectivity index (χ0) is 21.6. The molecule has 3 aromatic rings. The van der Waals surface area contributed by atoms with E-state index in [1.807, 2.05) is 0 Å². The van der Waals surface area contributed by atoms with E-state index in [0.29, 0.717) is 0 Å². The Hall–Kier alpha value is -2.67. The predicted molar refractivity (Wildman–Crippen MR) is 113 cm³/mol. The summed E-state index contributed by atoms with van der Waals surface area (Å²) in [4.78, 5) is -0.159. The fourth-order valence-electron chi connectivity index (χ4n) is 2.63. The normalized spacial score (nSPS) is 12.9. The summed E-state index contributed by atoms with van der Waals surface area (Å²) >= 11 is 0. The molecular formula is C21H21FNO5PS. The maximum absolute atomic E-state index is 13.8. The van der Waals surface area contributed by atoms with Crippen LogP contribution in [0.5, 0.6) is 11.5 Å². The van der Waals surface area contributed by atoms with Crippen molar-refractivity contribution in [2.45, 2.75) is 24.0 Å². The third-order valence-electron chi connectivity index (χ3n) is 4.14. The van der Waals surface area contributed by atoms with Gasteiger partial charge in [0.05, 0.1) is 4.90 Å². The first kappa shape index (κ1) is 22.0. The molecule has 0 spiro atoms. The number of halogens is 1. The first-order valence-corrected chi connectivity index (χ1v) is 12.3. The first-order chi connectivity index (χ1) is 14.3. The molecule has 3 rings (SSSR count). The van der Waals surface area contributed by atoms with Crippen molar-refractivity contribution in [1.29, 1.82) is 0 Å². The minimum Gasteiger partial charge on any atom is -0.415 e. The molecule has 0 heterocycles. The average molecular weight is 449 g/mol. The molecule has 3 aromatic carbocycles. The summed E-state index contributed by atoms with van der Waals surface area (Å²) in [6, 6.07) is 21.1. The van der Waals surface area contributed by atoms with Gasteiger partial charge in [0.1, 0.15) is 23.1 Å². The van der Waals surface area contributed by atoms with Gasteiger partial charge in [0.25, 0.3) is 0 Å². The molecule has 0 aliphatic heterocycles. The standard InChI is InChI=1S/C21H21FNO5PS/c1-2-21(23-30(25,26)20-15-13-17(22)14-16-20)29(24,27-18-9-5-3-6-10-18)28-19-11-7-4-8-12-19/h3-16,21,23H,2H2,1H3. The van der Waals surface area contributed by atoms with Crippen LogP contribution in [-0.2, 0) is 14.6 Å². The smallest absolute Gasteiger partial charge is 0.415 e. The fraction of sp³-hybridized carbons (Fsp3) is 0.143. The third kappa shape index (κ3) is 5.48. The van der Waals surface area contributed by atoms with Crippen molar-refractivity contribution in [3.8, 4) is 11.5 Å². The summed E-state index contributed by atoms with van der Waals surface area (Å²) in [6.45, 7) is 1.66. The van der Waals surface area contributed by atoms with Crippen molar-refractivity contribution in [2.24, 2.45) is 0 Å². The maximum Gasteiger partial charge on any atom is 0.448 e. The lowest BCUT2D eigenvalue weighted by molar-refractivity contribution is 0.365. The van der Waals surface area contributed by atoms with Gasteiger partial charge in [-0.2, -0.15) is 4.72 Å². The molecule has 158 valence electrons. The SMILES string of the molecule is CCC(NS(=O)(=O)c1ccc(F)cc1)P(=O)(Oc1ccccc1)Oc1ccccc1. The number of nitrogens with one attached hydrogen (secondary N) is 1. The van der Waals surface area contributed by atoms with E-state index >= 15 is 0 Å². The molecule has 0 fully saturated rings. The van der Waals surface area contributed by atoms with Crippen LogP contribution in [0.25, 0.3) is 0 Å². The van der Waals surface area contributed by atoms with Crippen molar-refractivity contribution in [2.75, 3.05) is 0 Å². The highest BCUT2D eigenvalue weighted by molar-refractivity contribution is 7.89. The number of para-hydroxylation sites is 2. The lowest BCUT2D eigenvalue weighted by Crippen LogP contribution is -2.36. The molecule has 30 heavy (non-hydrogen) atoms. The van der Waals surface area contributed by atoms with Crippen molar-refractivity contribution in [1.82, 2.24) is 4.72 Å². The molecular weight excluding hydrogens is 428 g/mol. The molecule has 0 amide bonds. The van der Waals surface area contributed by atoms with E-state index in [4.69, 9.17) is 9.05 Å². The van der Waals surface area contributed by atoms with Gasteiger partial charge in [-0.05, 0) is 55.0 Å². The molecule has 0 saturated carbocycles. The number of hydrogen-bond donors (Lipinski definition) is 1. The van der Waals surface area contributed by atoms with E-state index in [1.54, 1.807) is 67.6 Å². The van der Waals surface area contributed by atoms with Crippen LogP contribution in [0.3, 0.4) is 0 Å². The highest BCUT2D eigenvalue weighted by atomic mass is 32.2. The monoisotopic (exact) mass is 449 g/mol. The summed E-state index contributed by atoms with van der Waals surface area (Å²) < 4.78 is 66.4. The molecule has 0 aromatic heterocycles. The lowest BCUT2D eigenvalue weighted by atomic mass is 10.3. The summed E-state index contributed by atoms with van der Waals surface area (Å²) in [6.07, 6.45) is 0.122. The van der Waals surface area contributed by atoms with Crippen LogP contribution < -0.4 is 13.8 Å². The molecule has 1 atom stereocenters. The summed E-state index contributed by atoms with van der Waals surface area (Å²) in [5, 5.41) is 0. The second kappa shape index (κ2) is 9.43. The second-order valence-electron chi connectivity index (χ2n) is 6.35. The molecule has 0 aliphatic carbocycles. The van der Waals surface area contributed by atoms with E-state index in [0.717, 1.165) is 24.3 Å². The van der Waals surface area contributed by atoms with E-state index in [1.165, 1.54) is 0 Å². The van der Waals surface area contributed by atoms with E-state index < -0.39 is 29.2 Å². The Kier molecular flexibility index (Phi) is 6.92. The third-order valence-corrected chi connectivity index (χ3v) is 7.99. The van der Waals surface area contributed by atoms with Crippen molar-refractivity contribution in [3.63, 3.8) is 0 Å². The van der Waals surface area contributed by atoms with E-state index in [2.05, 4.69) is 4.72 Å². The minimum atomic E-state index is -4.10. The van der Waals surface area contributed by atoms with Crippen molar-refractivity contribution in [3.05, 3.63) is 90.7 Å². The van der Waals surface area contributed by atoms with Gasteiger partial charge >= 0.3 is 7.60 Å². The summed E-state index contributed by atoms with van der Waals surface area (Å²) in [7, 11) is -8.17. The van der Waals surface area contributed by atoms with E-state index in [9.17, 15) is 17.4 Å². The Balaban J connectivity index is 1.95.